The summed E-state index contributed by atoms with van der Waals surface area (Å²) in [5, 5.41) is 9.80. The molecular weight excluding hydrogens is 446 g/mol. The summed E-state index contributed by atoms with van der Waals surface area (Å²) in [6, 6.07) is 11.5. The fraction of sp³-hybridized carbons (Fsp3) is 0.435. The Labute approximate surface area is 186 Å². The lowest BCUT2D eigenvalue weighted by Crippen LogP contribution is -2.33. The molecule has 1 amide bonds. The van der Waals surface area contributed by atoms with E-state index in [1.807, 2.05) is 43.3 Å². The van der Waals surface area contributed by atoms with Gasteiger partial charge < -0.3 is 25.4 Å². The fourth-order valence-electron chi connectivity index (χ4n) is 3.52. The van der Waals surface area contributed by atoms with Crippen LogP contribution in [0.4, 0.5) is 5.69 Å². The maximum absolute atomic E-state index is 12.4. The zero-order chi connectivity index (χ0) is 21.3. The summed E-state index contributed by atoms with van der Waals surface area (Å²) in [5.74, 6) is 1.67. The molecule has 1 heterocycles. The van der Waals surface area contributed by atoms with Crippen molar-refractivity contribution in [3.8, 4) is 11.5 Å². The average molecular weight is 476 g/mol. The Kier molecular flexibility index (Phi) is 8.54. The second-order valence-corrected chi connectivity index (χ2v) is 8.44. The van der Waals surface area contributed by atoms with E-state index in [9.17, 15) is 4.79 Å². The number of carbonyl (C=O) groups excluding carboxylic acids is 1. The topological polar surface area (TPSA) is 71.6 Å². The second-order valence-electron chi connectivity index (χ2n) is 7.58. The molecule has 3 N–H and O–H groups in total. The molecule has 30 heavy (non-hydrogen) atoms. The Bertz CT molecular complexity index is 836. The second kappa shape index (κ2) is 11.3. The van der Waals surface area contributed by atoms with Crippen molar-refractivity contribution in [2.75, 3.05) is 38.7 Å². The maximum Gasteiger partial charge on any atom is 0.262 e. The van der Waals surface area contributed by atoms with Crippen molar-refractivity contribution >= 4 is 27.5 Å². The van der Waals surface area contributed by atoms with Crippen molar-refractivity contribution in [3.05, 3.63) is 52.0 Å². The monoisotopic (exact) mass is 475 g/mol. The minimum absolute atomic E-state index is 0.0953. The number of piperidine rings is 1. The van der Waals surface area contributed by atoms with Gasteiger partial charge in [0.05, 0.1) is 7.11 Å². The summed E-state index contributed by atoms with van der Waals surface area (Å²) in [7, 11) is 1.61. The van der Waals surface area contributed by atoms with Gasteiger partial charge in [-0.2, -0.15) is 0 Å². The van der Waals surface area contributed by atoms with Crippen LogP contribution in [0.2, 0.25) is 0 Å². The van der Waals surface area contributed by atoms with Gasteiger partial charge in [-0.05, 0) is 69.6 Å². The molecule has 0 atom stereocenters. The van der Waals surface area contributed by atoms with Gasteiger partial charge in [0.2, 0.25) is 0 Å². The Morgan fingerprint density at radius 2 is 1.90 bits per heavy atom. The zero-order valence-corrected chi connectivity index (χ0v) is 19.2. The van der Waals surface area contributed by atoms with E-state index in [4.69, 9.17) is 9.47 Å². The predicted molar refractivity (Wildman–Crippen MR) is 123 cm³/mol. The first kappa shape index (κ1) is 22.6. The van der Waals surface area contributed by atoms with Crippen LogP contribution in [-0.2, 0) is 11.3 Å². The molecule has 1 fully saturated rings. The Morgan fingerprint density at radius 1 is 1.17 bits per heavy atom. The van der Waals surface area contributed by atoms with Gasteiger partial charge in [-0.15, -0.1) is 0 Å². The lowest BCUT2D eigenvalue weighted by atomic mass is 9.98. The van der Waals surface area contributed by atoms with Gasteiger partial charge in [0, 0.05) is 22.3 Å². The molecule has 0 aromatic heterocycles. The number of hydrogen-bond donors (Lipinski definition) is 3. The molecule has 0 saturated carbocycles. The molecule has 0 unspecified atom stereocenters. The van der Waals surface area contributed by atoms with Gasteiger partial charge in [0.1, 0.15) is 0 Å². The molecule has 3 rings (SSSR count). The quantitative estimate of drug-likeness (QED) is 0.513. The normalized spacial score (nSPS) is 14.4. The van der Waals surface area contributed by atoms with Crippen molar-refractivity contribution in [1.29, 1.82) is 0 Å². The molecule has 6 nitrogen and oxygen atoms in total. The van der Waals surface area contributed by atoms with Crippen LogP contribution in [0.1, 0.15) is 24.0 Å². The molecule has 1 aliphatic rings. The van der Waals surface area contributed by atoms with E-state index in [0.29, 0.717) is 24.0 Å². The molecule has 0 bridgehead atoms. The summed E-state index contributed by atoms with van der Waals surface area (Å²) < 4.78 is 12.3. The largest absolute Gasteiger partial charge is 0.493 e. The predicted octanol–water partition coefficient (Wildman–Crippen LogP) is 3.87. The molecule has 162 valence electrons. The van der Waals surface area contributed by atoms with E-state index in [2.05, 4.69) is 31.9 Å². The smallest absolute Gasteiger partial charge is 0.262 e. The van der Waals surface area contributed by atoms with Gasteiger partial charge >= 0.3 is 0 Å². The number of rotatable bonds is 9. The minimum atomic E-state index is -0.213. The summed E-state index contributed by atoms with van der Waals surface area (Å²) in [6.45, 7) is 5.67. The van der Waals surface area contributed by atoms with Gasteiger partial charge in [0.15, 0.2) is 18.1 Å². The highest BCUT2D eigenvalue weighted by Crippen LogP contribution is 2.36. The number of hydrogen-bond acceptors (Lipinski definition) is 5. The third-order valence-corrected chi connectivity index (χ3v) is 6.01. The summed E-state index contributed by atoms with van der Waals surface area (Å²) in [6.07, 6.45) is 2.38. The van der Waals surface area contributed by atoms with Gasteiger partial charge in [0.25, 0.3) is 5.91 Å². The SMILES string of the molecule is COc1ccc(Br)c(CNCC2CCNCC2)c1OCC(=O)Nc1ccc(C)cc1. The number of anilines is 1. The maximum atomic E-state index is 12.4. The summed E-state index contributed by atoms with van der Waals surface area (Å²) >= 11 is 3.62. The van der Waals surface area contributed by atoms with Crippen LogP contribution in [0.25, 0.3) is 0 Å². The number of ether oxygens (including phenoxy) is 2. The highest BCUT2D eigenvalue weighted by Gasteiger charge is 2.18. The Morgan fingerprint density at radius 3 is 2.60 bits per heavy atom. The number of methoxy groups -OCH3 is 1. The van der Waals surface area contributed by atoms with Crippen LogP contribution in [0.5, 0.6) is 11.5 Å². The van der Waals surface area contributed by atoms with Crippen molar-refractivity contribution in [2.24, 2.45) is 5.92 Å². The van der Waals surface area contributed by atoms with E-state index in [0.717, 1.165) is 40.9 Å². The molecule has 2 aromatic carbocycles. The van der Waals surface area contributed by atoms with Crippen molar-refractivity contribution in [1.82, 2.24) is 10.6 Å². The molecule has 1 saturated heterocycles. The number of amides is 1. The minimum Gasteiger partial charge on any atom is -0.493 e. The van der Waals surface area contributed by atoms with Crippen LogP contribution in [0.3, 0.4) is 0 Å². The summed E-state index contributed by atoms with van der Waals surface area (Å²) in [5.41, 5.74) is 2.84. The van der Waals surface area contributed by atoms with Gasteiger partial charge in [-0.1, -0.05) is 33.6 Å². The van der Waals surface area contributed by atoms with E-state index in [-0.39, 0.29) is 12.5 Å². The molecule has 1 aliphatic heterocycles. The van der Waals surface area contributed by atoms with Crippen LogP contribution in [0, 0.1) is 12.8 Å². The first-order valence-electron chi connectivity index (χ1n) is 10.3. The van der Waals surface area contributed by atoms with Crippen molar-refractivity contribution < 1.29 is 14.3 Å². The van der Waals surface area contributed by atoms with Crippen molar-refractivity contribution in [2.45, 2.75) is 26.3 Å². The number of carbonyl (C=O) groups is 1. The molecule has 2 aromatic rings. The summed E-state index contributed by atoms with van der Waals surface area (Å²) in [4.78, 5) is 12.4. The third-order valence-electron chi connectivity index (χ3n) is 5.26. The van der Waals surface area contributed by atoms with Gasteiger partial charge in [-0.25, -0.2) is 0 Å². The lowest BCUT2D eigenvalue weighted by molar-refractivity contribution is -0.118. The average Bonchev–Trinajstić information content (AvgIpc) is 2.76. The van der Waals surface area contributed by atoms with E-state index in [1.165, 1.54) is 12.8 Å². The van der Waals surface area contributed by atoms with Crippen LogP contribution in [-0.4, -0.2) is 39.3 Å². The van der Waals surface area contributed by atoms with Crippen LogP contribution >= 0.6 is 15.9 Å². The van der Waals surface area contributed by atoms with E-state index >= 15 is 0 Å². The lowest BCUT2D eigenvalue weighted by Gasteiger charge is -2.23. The highest BCUT2D eigenvalue weighted by atomic mass is 79.9. The fourth-order valence-corrected chi connectivity index (χ4v) is 3.98. The third kappa shape index (κ3) is 6.45. The standard InChI is InChI=1S/C23H30BrN3O3/c1-16-3-5-18(6-4-16)27-22(28)15-30-23-19(20(24)7-8-21(23)29-2)14-26-13-17-9-11-25-12-10-17/h3-8,17,25-26H,9-15H2,1-2H3,(H,27,28). The molecule has 0 spiro atoms. The van der Waals surface area contributed by atoms with Crippen molar-refractivity contribution in [3.63, 3.8) is 0 Å². The number of halogens is 1. The molecule has 0 aliphatic carbocycles. The van der Waals surface area contributed by atoms with E-state index < -0.39 is 0 Å². The molecule has 0 radical (unpaired) electrons. The van der Waals surface area contributed by atoms with Crippen LogP contribution < -0.4 is 25.4 Å². The number of nitrogens with one attached hydrogen (secondary N) is 3. The Hall–Kier alpha value is -2.09. The number of benzene rings is 2. The van der Waals surface area contributed by atoms with Gasteiger partial charge in [-0.3, -0.25) is 4.79 Å². The first-order chi connectivity index (χ1) is 14.6. The Balaban J connectivity index is 1.62. The zero-order valence-electron chi connectivity index (χ0n) is 17.6. The van der Waals surface area contributed by atoms with E-state index in [1.54, 1.807) is 7.11 Å². The first-order valence-corrected chi connectivity index (χ1v) is 11.1. The molecule has 7 heteroatoms. The van der Waals surface area contributed by atoms with Crippen LogP contribution in [0.15, 0.2) is 40.9 Å². The number of aryl methyl sites for hydroxylation is 1. The molecular formula is C23H30BrN3O3. The highest BCUT2D eigenvalue weighted by molar-refractivity contribution is 9.10.